The normalized spacial score (nSPS) is 15.6. The van der Waals surface area contributed by atoms with E-state index in [-0.39, 0.29) is 23.6 Å². The van der Waals surface area contributed by atoms with E-state index in [2.05, 4.69) is 30.8 Å². The molecular formula is C21H25N7O2. The Balaban J connectivity index is 1.37. The highest BCUT2D eigenvalue weighted by Crippen LogP contribution is 2.38. The number of hydrogen-bond donors (Lipinski definition) is 2. The van der Waals surface area contributed by atoms with Gasteiger partial charge in [-0.15, -0.1) is 10.2 Å². The summed E-state index contributed by atoms with van der Waals surface area (Å²) >= 11 is 0. The molecule has 1 aliphatic carbocycles. The molecule has 0 bridgehead atoms. The Hall–Kier alpha value is -3.36. The number of carbonyl (C=O) groups excluding carboxylic acids is 2. The lowest BCUT2D eigenvalue weighted by Gasteiger charge is -2.37. The first kappa shape index (κ1) is 19.9. The molecule has 1 aliphatic rings. The molecule has 9 heteroatoms. The van der Waals surface area contributed by atoms with Crippen LogP contribution in [0.4, 0.5) is 0 Å². The van der Waals surface area contributed by atoms with Gasteiger partial charge in [-0.3, -0.25) is 19.0 Å². The molecule has 3 heterocycles. The van der Waals surface area contributed by atoms with E-state index in [4.69, 9.17) is 0 Å². The fourth-order valence-electron chi connectivity index (χ4n) is 4.08. The van der Waals surface area contributed by atoms with Crippen molar-refractivity contribution in [2.24, 2.45) is 5.41 Å². The van der Waals surface area contributed by atoms with Crippen LogP contribution >= 0.6 is 0 Å². The highest BCUT2D eigenvalue weighted by molar-refractivity contribution is 5.94. The summed E-state index contributed by atoms with van der Waals surface area (Å²) in [5.41, 5.74) is 0.962. The summed E-state index contributed by atoms with van der Waals surface area (Å²) in [4.78, 5) is 32.2. The molecule has 2 N–H and O–H groups in total. The minimum atomic E-state index is -0.416. The van der Waals surface area contributed by atoms with Crippen LogP contribution in [0.3, 0.4) is 0 Å². The quantitative estimate of drug-likeness (QED) is 0.614. The van der Waals surface area contributed by atoms with Crippen molar-refractivity contribution in [1.29, 1.82) is 0 Å². The van der Waals surface area contributed by atoms with E-state index in [1.54, 1.807) is 0 Å². The average Bonchev–Trinajstić information content (AvgIpc) is 3.20. The first-order chi connectivity index (χ1) is 14.7. The third-order valence-electron chi connectivity index (χ3n) is 5.70. The molecule has 3 aromatic heterocycles. The number of carbonyl (C=O) groups is 2. The molecule has 0 unspecified atom stereocenters. The van der Waals surface area contributed by atoms with E-state index in [9.17, 15) is 9.59 Å². The molecule has 0 atom stereocenters. The monoisotopic (exact) mass is 407 g/mol. The second-order valence-electron chi connectivity index (χ2n) is 7.83. The Labute approximate surface area is 174 Å². The van der Waals surface area contributed by atoms with Crippen molar-refractivity contribution in [3.05, 3.63) is 54.5 Å². The lowest BCUT2D eigenvalue weighted by atomic mass is 9.71. The number of fused-ring (bicyclic) bond motifs is 1. The highest BCUT2D eigenvalue weighted by Gasteiger charge is 2.34. The fraction of sp³-hybridized carbons (Fsp3) is 0.429. The fourth-order valence-corrected chi connectivity index (χ4v) is 4.08. The second-order valence-corrected chi connectivity index (χ2v) is 7.83. The largest absolute Gasteiger partial charge is 0.354 e. The molecule has 30 heavy (non-hydrogen) atoms. The van der Waals surface area contributed by atoms with Crippen molar-refractivity contribution in [3.8, 4) is 0 Å². The van der Waals surface area contributed by atoms with Gasteiger partial charge in [0, 0.05) is 31.6 Å². The predicted octanol–water partition coefficient (Wildman–Crippen LogP) is 1.56. The smallest absolute Gasteiger partial charge is 0.271 e. The molecule has 1 fully saturated rings. The number of amides is 2. The van der Waals surface area contributed by atoms with Gasteiger partial charge in [-0.25, -0.2) is 4.98 Å². The maximum absolute atomic E-state index is 12.4. The Morgan fingerprint density at radius 3 is 2.73 bits per heavy atom. The highest BCUT2D eigenvalue weighted by atomic mass is 16.2. The maximum atomic E-state index is 12.4. The van der Waals surface area contributed by atoms with E-state index >= 15 is 0 Å². The van der Waals surface area contributed by atoms with Gasteiger partial charge >= 0.3 is 0 Å². The summed E-state index contributed by atoms with van der Waals surface area (Å²) in [6.07, 6.45) is 12.6. The molecule has 0 aromatic carbocycles. The van der Waals surface area contributed by atoms with Gasteiger partial charge in [0.2, 0.25) is 5.91 Å². The van der Waals surface area contributed by atoms with E-state index in [0.717, 1.165) is 43.6 Å². The maximum Gasteiger partial charge on any atom is 0.271 e. The molecule has 4 rings (SSSR count). The molecule has 0 saturated heterocycles. The average molecular weight is 407 g/mol. The van der Waals surface area contributed by atoms with Gasteiger partial charge in [0.25, 0.3) is 5.91 Å². The van der Waals surface area contributed by atoms with Crippen LogP contribution < -0.4 is 10.6 Å². The zero-order valence-corrected chi connectivity index (χ0v) is 16.8. The van der Waals surface area contributed by atoms with Crippen LogP contribution in [0.25, 0.3) is 5.65 Å². The van der Waals surface area contributed by atoms with Crippen LogP contribution in [0, 0.1) is 5.41 Å². The Bertz CT molecular complexity index is 1010. The second kappa shape index (κ2) is 8.98. The van der Waals surface area contributed by atoms with Crippen LogP contribution in [0.2, 0.25) is 0 Å². The molecule has 156 valence electrons. The number of hydrogen-bond acceptors (Lipinski definition) is 6. The van der Waals surface area contributed by atoms with Crippen molar-refractivity contribution in [1.82, 2.24) is 35.2 Å². The Morgan fingerprint density at radius 2 is 1.93 bits per heavy atom. The summed E-state index contributed by atoms with van der Waals surface area (Å²) in [6.45, 7) is 0.452. The standard InChI is InChI=1S/C21H25N7O2/c29-19(14-24-20(30)16-13-22-9-10-23-16)25-15-21(7-3-1-4-8-21)12-18-27-26-17-6-2-5-11-28(17)18/h2,5-6,9-11,13H,1,3-4,7-8,12,14-15H2,(H,24,30)(H,25,29). The molecule has 2 amide bonds. The Kier molecular flexibility index (Phi) is 5.97. The third kappa shape index (κ3) is 4.61. The van der Waals surface area contributed by atoms with E-state index in [1.165, 1.54) is 25.0 Å². The molecular weight excluding hydrogens is 382 g/mol. The van der Waals surface area contributed by atoms with Gasteiger partial charge in [-0.1, -0.05) is 25.3 Å². The lowest BCUT2D eigenvalue weighted by Crippen LogP contribution is -2.44. The minimum absolute atomic E-state index is 0.0539. The molecule has 1 saturated carbocycles. The molecule has 9 nitrogen and oxygen atoms in total. The number of nitrogens with one attached hydrogen (secondary N) is 2. The number of pyridine rings is 1. The SMILES string of the molecule is O=C(CNC(=O)c1cnccn1)NCC1(Cc2nnc3ccccn23)CCCCC1. The summed E-state index contributed by atoms with van der Waals surface area (Å²) in [7, 11) is 0. The van der Waals surface area contributed by atoms with Gasteiger partial charge in [0.15, 0.2) is 5.65 Å². The van der Waals surface area contributed by atoms with Gasteiger partial charge in [0.05, 0.1) is 12.7 Å². The molecule has 0 aliphatic heterocycles. The summed E-state index contributed by atoms with van der Waals surface area (Å²) in [5, 5.41) is 14.2. The first-order valence-corrected chi connectivity index (χ1v) is 10.2. The predicted molar refractivity (Wildman–Crippen MR) is 110 cm³/mol. The van der Waals surface area contributed by atoms with Crippen LogP contribution in [-0.2, 0) is 11.2 Å². The zero-order chi connectivity index (χ0) is 20.8. The van der Waals surface area contributed by atoms with Crippen molar-refractivity contribution in [2.45, 2.75) is 38.5 Å². The van der Waals surface area contributed by atoms with Gasteiger partial charge in [-0.2, -0.15) is 0 Å². The summed E-state index contributed by atoms with van der Waals surface area (Å²) in [6, 6.07) is 5.85. The van der Waals surface area contributed by atoms with Crippen molar-refractivity contribution in [2.75, 3.05) is 13.1 Å². The first-order valence-electron chi connectivity index (χ1n) is 10.2. The topological polar surface area (TPSA) is 114 Å². The van der Waals surface area contributed by atoms with Crippen LogP contribution in [-0.4, -0.2) is 49.5 Å². The number of nitrogens with zero attached hydrogens (tertiary/aromatic N) is 5. The van der Waals surface area contributed by atoms with E-state index in [0.29, 0.717) is 6.54 Å². The van der Waals surface area contributed by atoms with E-state index in [1.807, 2.05) is 28.8 Å². The Morgan fingerprint density at radius 1 is 1.07 bits per heavy atom. The van der Waals surface area contributed by atoms with Crippen molar-refractivity contribution < 1.29 is 9.59 Å². The van der Waals surface area contributed by atoms with Gasteiger partial charge < -0.3 is 10.6 Å². The van der Waals surface area contributed by atoms with Crippen LogP contribution in [0.15, 0.2) is 43.0 Å². The summed E-state index contributed by atoms with van der Waals surface area (Å²) < 4.78 is 2.01. The molecule has 3 aromatic rings. The summed E-state index contributed by atoms with van der Waals surface area (Å²) in [5.74, 6) is 0.279. The number of aromatic nitrogens is 5. The third-order valence-corrected chi connectivity index (χ3v) is 5.70. The lowest BCUT2D eigenvalue weighted by molar-refractivity contribution is -0.120. The molecule has 0 radical (unpaired) electrons. The van der Waals surface area contributed by atoms with Crippen molar-refractivity contribution in [3.63, 3.8) is 0 Å². The van der Waals surface area contributed by atoms with Gasteiger partial charge in [-0.05, 0) is 30.4 Å². The number of rotatable bonds is 7. The van der Waals surface area contributed by atoms with Gasteiger partial charge in [0.1, 0.15) is 11.5 Å². The molecule has 0 spiro atoms. The minimum Gasteiger partial charge on any atom is -0.354 e. The van der Waals surface area contributed by atoms with Crippen molar-refractivity contribution >= 4 is 17.5 Å². The van der Waals surface area contributed by atoms with E-state index < -0.39 is 5.91 Å². The zero-order valence-electron chi connectivity index (χ0n) is 16.8. The van der Waals surface area contributed by atoms with Crippen LogP contribution in [0.1, 0.15) is 48.4 Å². The van der Waals surface area contributed by atoms with Crippen LogP contribution in [0.5, 0.6) is 0 Å².